The van der Waals surface area contributed by atoms with Crippen molar-refractivity contribution in [3.63, 3.8) is 0 Å². The Kier molecular flexibility index (Phi) is 6.78. The van der Waals surface area contributed by atoms with E-state index in [9.17, 15) is 4.79 Å². The summed E-state index contributed by atoms with van der Waals surface area (Å²) in [4.78, 5) is 16.6. The third-order valence-corrected chi connectivity index (χ3v) is 7.23. The zero-order chi connectivity index (χ0) is 21.8. The molecule has 0 saturated carbocycles. The van der Waals surface area contributed by atoms with Gasteiger partial charge < -0.3 is 14.5 Å². The van der Waals surface area contributed by atoms with Crippen molar-refractivity contribution in [1.82, 2.24) is 4.90 Å². The average Bonchev–Trinajstić information content (AvgIpc) is 3.46. The highest BCUT2D eigenvalue weighted by Gasteiger charge is 2.30. The van der Waals surface area contributed by atoms with Crippen LogP contribution in [-0.2, 0) is 6.42 Å². The monoisotopic (exact) mass is 438 g/mol. The van der Waals surface area contributed by atoms with E-state index in [0.29, 0.717) is 5.76 Å². The van der Waals surface area contributed by atoms with Gasteiger partial charge in [-0.3, -0.25) is 9.69 Å². The minimum Gasteiger partial charge on any atom is -0.497 e. The fraction of sp³-hybridized carbons (Fsp3) is 0.400. The molecule has 5 nitrogen and oxygen atoms in total. The van der Waals surface area contributed by atoms with Crippen molar-refractivity contribution in [2.75, 3.05) is 25.5 Å². The van der Waals surface area contributed by atoms with E-state index in [2.05, 4.69) is 42.3 Å². The van der Waals surface area contributed by atoms with E-state index in [-0.39, 0.29) is 11.9 Å². The van der Waals surface area contributed by atoms with Crippen LogP contribution in [0.25, 0.3) is 0 Å². The van der Waals surface area contributed by atoms with E-state index in [4.69, 9.17) is 9.15 Å². The Morgan fingerprint density at radius 2 is 2.06 bits per heavy atom. The summed E-state index contributed by atoms with van der Waals surface area (Å²) in [6, 6.07) is 14.0. The second-order valence-electron chi connectivity index (χ2n) is 8.18. The minimum absolute atomic E-state index is 0.0612. The second-order valence-corrected chi connectivity index (χ2v) is 9.32. The number of hydrogen-bond acceptors (Lipinski definition) is 5. The molecule has 0 radical (unpaired) electrons. The smallest absolute Gasteiger partial charge is 0.291 e. The normalized spacial score (nSPS) is 16.2. The van der Waals surface area contributed by atoms with Gasteiger partial charge in [-0.15, -0.1) is 11.3 Å². The molecule has 1 aliphatic heterocycles. The summed E-state index contributed by atoms with van der Waals surface area (Å²) in [5.74, 6) is 1.70. The van der Waals surface area contributed by atoms with Gasteiger partial charge in [0, 0.05) is 10.4 Å². The van der Waals surface area contributed by atoms with Gasteiger partial charge in [-0.25, -0.2) is 0 Å². The Morgan fingerprint density at radius 3 is 2.74 bits per heavy atom. The summed E-state index contributed by atoms with van der Waals surface area (Å²) < 4.78 is 10.8. The first kappa shape index (κ1) is 21.7. The number of carbonyl (C=O) groups excluding carboxylic acids is 1. The third kappa shape index (κ3) is 4.86. The van der Waals surface area contributed by atoms with Gasteiger partial charge in [0.1, 0.15) is 10.8 Å². The molecular weight excluding hydrogens is 408 g/mol. The molecule has 1 aromatic carbocycles. The van der Waals surface area contributed by atoms with E-state index >= 15 is 0 Å². The van der Waals surface area contributed by atoms with E-state index in [0.717, 1.165) is 41.7 Å². The van der Waals surface area contributed by atoms with Crippen molar-refractivity contribution >= 4 is 22.2 Å². The number of furan rings is 1. The maximum absolute atomic E-state index is 12.8. The highest BCUT2D eigenvalue weighted by molar-refractivity contribution is 7.16. The van der Waals surface area contributed by atoms with Crippen LogP contribution in [-0.4, -0.2) is 31.0 Å². The predicted molar refractivity (Wildman–Crippen MR) is 125 cm³/mol. The molecular formula is C25H30N2O3S. The Balaban J connectivity index is 1.74. The number of nitrogens with zero attached hydrogens (tertiary/aromatic N) is 1. The van der Waals surface area contributed by atoms with Crippen LogP contribution in [0, 0.1) is 5.92 Å². The predicted octanol–water partition coefficient (Wildman–Crippen LogP) is 5.99. The standard InChI is InChI=1S/C25H30N2O3S/c1-4-20-16-21(25(31-20)26-24(28)22-9-6-14-30-22)23(27-12-10-17(2)11-13-27)18-7-5-8-19(15-18)29-3/h5-9,14-17,23H,4,10-13H2,1-3H3,(H,26,28)/t23-/m0/s1. The van der Waals surface area contributed by atoms with Gasteiger partial charge in [0.15, 0.2) is 5.76 Å². The van der Waals surface area contributed by atoms with Crippen molar-refractivity contribution in [3.05, 3.63) is 70.5 Å². The van der Waals surface area contributed by atoms with Crippen LogP contribution in [0.5, 0.6) is 5.75 Å². The summed E-state index contributed by atoms with van der Waals surface area (Å²) in [7, 11) is 1.70. The Labute approximate surface area is 188 Å². The van der Waals surface area contributed by atoms with Gasteiger partial charge in [-0.2, -0.15) is 0 Å². The van der Waals surface area contributed by atoms with Crippen LogP contribution in [0.4, 0.5) is 5.00 Å². The van der Waals surface area contributed by atoms with Crippen LogP contribution in [0.1, 0.15) is 59.3 Å². The van der Waals surface area contributed by atoms with Crippen LogP contribution in [0.2, 0.25) is 0 Å². The number of carbonyl (C=O) groups is 1. The number of anilines is 1. The minimum atomic E-state index is -0.215. The molecule has 2 aromatic heterocycles. The Hall–Kier alpha value is -2.57. The molecule has 1 aliphatic rings. The molecule has 1 saturated heterocycles. The number of thiophene rings is 1. The largest absolute Gasteiger partial charge is 0.497 e. The summed E-state index contributed by atoms with van der Waals surface area (Å²) in [5, 5.41) is 4.02. The van der Waals surface area contributed by atoms with Gasteiger partial charge in [0.05, 0.1) is 19.4 Å². The van der Waals surface area contributed by atoms with Crippen molar-refractivity contribution in [2.24, 2.45) is 5.92 Å². The maximum atomic E-state index is 12.8. The first-order chi connectivity index (χ1) is 15.1. The molecule has 1 N–H and O–H groups in total. The Morgan fingerprint density at radius 1 is 1.26 bits per heavy atom. The first-order valence-electron chi connectivity index (χ1n) is 10.9. The number of ether oxygens (including phenoxy) is 1. The molecule has 1 atom stereocenters. The summed E-state index contributed by atoms with van der Waals surface area (Å²) in [5.41, 5.74) is 2.33. The lowest BCUT2D eigenvalue weighted by Crippen LogP contribution is -2.37. The SMILES string of the molecule is CCc1cc([C@H](c2cccc(OC)c2)N2CCC(C)CC2)c(NC(=O)c2ccco2)s1. The topological polar surface area (TPSA) is 54.7 Å². The van der Waals surface area contributed by atoms with E-state index < -0.39 is 0 Å². The number of nitrogens with one attached hydrogen (secondary N) is 1. The van der Waals surface area contributed by atoms with Gasteiger partial charge >= 0.3 is 0 Å². The van der Waals surface area contributed by atoms with Crippen LogP contribution in [0.15, 0.2) is 53.1 Å². The van der Waals surface area contributed by atoms with Crippen molar-refractivity contribution < 1.29 is 13.9 Å². The van der Waals surface area contributed by atoms with Gasteiger partial charge in [0.2, 0.25) is 0 Å². The number of rotatable bonds is 7. The molecule has 4 rings (SSSR count). The Bertz CT molecular complexity index is 1000. The number of aryl methyl sites for hydroxylation is 1. The molecule has 0 spiro atoms. The average molecular weight is 439 g/mol. The second kappa shape index (κ2) is 9.71. The van der Waals surface area contributed by atoms with Crippen molar-refractivity contribution in [2.45, 2.75) is 39.2 Å². The highest BCUT2D eigenvalue weighted by atomic mass is 32.1. The quantitative estimate of drug-likeness (QED) is 0.493. The molecule has 6 heteroatoms. The molecule has 3 aromatic rings. The zero-order valence-corrected chi connectivity index (χ0v) is 19.2. The number of piperidine rings is 1. The van der Waals surface area contributed by atoms with Gasteiger partial charge in [-0.05, 0) is 74.2 Å². The zero-order valence-electron chi connectivity index (χ0n) is 18.4. The van der Waals surface area contributed by atoms with E-state index in [1.807, 2.05) is 12.1 Å². The van der Waals surface area contributed by atoms with E-state index in [1.165, 1.54) is 29.5 Å². The maximum Gasteiger partial charge on any atom is 0.291 e. The lowest BCUT2D eigenvalue weighted by Gasteiger charge is -2.37. The number of amides is 1. The van der Waals surface area contributed by atoms with Gasteiger partial charge in [0.25, 0.3) is 5.91 Å². The van der Waals surface area contributed by atoms with Crippen molar-refractivity contribution in [1.29, 1.82) is 0 Å². The number of hydrogen-bond donors (Lipinski definition) is 1. The molecule has 31 heavy (non-hydrogen) atoms. The van der Waals surface area contributed by atoms with Crippen LogP contribution in [0.3, 0.4) is 0 Å². The molecule has 3 heterocycles. The van der Waals surface area contributed by atoms with Gasteiger partial charge in [-0.1, -0.05) is 26.0 Å². The molecule has 164 valence electrons. The number of benzene rings is 1. The summed E-state index contributed by atoms with van der Waals surface area (Å²) in [6.45, 7) is 6.54. The molecule has 1 fully saturated rings. The fourth-order valence-electron chi connectivity index (χ4n) is 4.19. The third-order valence-electron chi connectivity index (χ3n) is 6.02. The van der Waals surface area contributed by atoms with Crippen molar-refractivity contribution in [3.8, 4) is 5.75 Å². The summed E-state index contributed by atoms with van der Waals surface area (Å²) >= 11 is 1.65. The lowest BCUT2D eigenvalue weighted by molar-refractivity contribution is 0.0996. The molecule has 1 amide bonds. The lowest BCUT2D eigenvalue weighted by atomic mass is 9.92. The molecule has 0 bridgehead atoms. The van der Waals surface area contributed by atoms with Crippen LogP contribution >= 0.6 is 11.3 Å². The van der Waals surface area contributed by atoms with E-state index in [1.54, 1.807) is 30.6 Å². The fourth-order valence-corrected chi connectivity index (χ4v) is 5.22. The molecule has 0 aliphatic carbocycles. The number of methoxy groups -OCH3 is 1. The first-order valence-corrected chi connectivity index (χ1v) is 11.8. The number of likely N-dealkylation sites (tertiary alicyclic amines) is 1. The summed E-state index contributed by atoms with van der Waals surface area (Å²) in [6.07, 6.45) is 4.81. The highest BCUT2D eigenvalue weighted by Crippen LogP contribution is 2.41. The van der Waals surface area contributed by atoms with Crippen LogP contribution < -0.4 is 10.1 Å². The molecule has 0 unspecified atom stereocenters.